The van der Waals surface area contributed by atoms with Gasteiger partial charge in [0.1, 0.15) is 0 Å². The van der Waals surface area contributed by atoms with Crippen molar-refractivity contribution >= 4 is 17.7 Å². The van der Waals surface area contributed by atoms with E-state index in [1.54, 1.807) is 11.8 Å². The van der Waals surface area contributed by atoms with Crippen molar-refractivity contribution in [3.8, 4) is 0 Å². The third-order valence-corrected chi connectivity index (χ3v) is 3.78. The molecule has 0 radical (unpaired) electrons. The molecule has 1 unspecified atom stereocenters. The molecule has 0 heterocycles. The van der Waals surface area contributed by atoms with E-state index in [4.69, 9.17) is 0 Å². The average Bonchev–Trinajstić information content (AvgIpc) is 2.39. The summed E-state index contributed by atoms with van der Waals surface area (Å²) < 4.78 is 0. The van der Waals surface area contributed by atoms with E-state index in [-0.39, 0.29) is 17.9 Å². The molecule has 2 N–H and O–H groups in total. The second-order valence-corrected chi connectivity index (χ2v) is 6.15. The number of thioether (sulfide) groups is 1. The number of aliphatic hydroxyl groups excluding tert-OH is 1. The third kappa shape index (κ3) is 5.66. The van der Waals surface area contributed by atoms with E-state index in [0.717, 1.165) is 10.6 Å². The Bertz CT molecular complexity index is 407. The zero-order valence-electron chi connectivity index (χ0n) is 11.8. The summed E-state index contributed by atoms with van der Waals surface area (Å²) in [5.74, 6) is 1.14. The van der Waals surface area contributed by atoms with Crippen LogP contribution in [0.3, 0.4) is 0 Å². The van der Waals surface area contributed by atoms with Crippen molar-refractivity contribution in [2.75, 3.05) is 12.3 Å². The van der Waals surface area contributed by atoms with E-state index in [2.05, 4.69) is 12.2 Å². The number of aliphatic hydroxyl groups is 1. The first-order valence-corrected chi connectivity index (χ1v) is 7.72. The SMILES string of the molecule is CCSc1cccc(C(=O)NCCC(O)C(C)C)c1. The van der Waals surface area contributed by atoms with Crippen LogP contribution < -0.4 is 5.32 Å². The van der Waals surface area contributed by atoms with E-state index in [0.29, 0.717) is 18.5 Å². The minimum absolute atomic E-state index is 0.0745. The number of hydrogen-bond donors (Lipinski definition) is 2. The lowest BCUT2D eigenvalue weighted by molar-refractivity contribution is 0.0920. The van der Waals surface area contributed by atoms with E-state index >= 15 is 0 Å². The quantitative estimate of drug-likeness (QED) is 0.756. The largest absolute Gasteiger partial charge is 0.393 e. The van der Waals surface area contributed by atoms with Crippen molar-refractivity contribution in [3.63, 3.8) is 0 Å². The van der Waals surface area contributed by atoms with Crippen LogP contribution in [0.1, 0.15) is 37.6 Å². The number of carbonyl (C=O) groups excluding carboxylic acids is 1. The smallest absolute Gasteiger partial charge is 0.251 e. The van der Waals surface area contributed by atoms with Gasteiger partial charge in [-0.15, -0.1) is 11.8 Å². The Labute approximate surface area is 119 Å². The number of benzene rings is 1. The predicted molar refractivity (Wildman–Crippen MR) is 80.6 cm³/mol. The monoisotopic (exact) mass is 281 g/mol. The molecule has 0 saturated heterocycles. The van der Waals surface area contributed by atoms with E-state index in [9.17, 15) is 9.90 Å². The molecule has 1 amide bonds. The van der Waals surface area contributed by atoms with Crippen molar-refractivity contribution in [2.45, 2.75) is 38.2 Å². The summed E-state index contributed by atoms with van der Waals surface area (Å²) in [7, 11) is 0. The lowest BCUT2D eigenvalue weighted by Gasteiger charge is -2.14. The summed E-state index contributed by atoms with van der Waals surface area (Å²) in [6.45, 7) is 6.53. The lowest BCUT2D eigenvalue weighted by atomic mass is 10.0. The van der Waals surface area contributed by atoms with Crippen LogP contribution in [0.2, 0.25) is 0 Å². The van der Waals surface area contributed by atoms with Gasteiger partial charge in [-0.3, -0.25) is 4.79 Å². The van der Waals surface area contributed by atoms with Crippen molar-refractivity contribution in [3.05, 3.63) is 29.8 Å². The van der Waals surface area contributed by atoms with Gasteiger partial charge in [0.05, 0.1) is 6.10 Å². The molecule has 0 aliphatic heterocycles. The molecule has 0 bridgehead atoms. The Morgan fingerprint density at radius 2 is 2.16 bits per heavy atom. The molecule has 3 nitrogen and oxygen atoms in total. The maximum Gasteiger partial charge on any atom is 0.251 e. The molecule has 0 fully saturated rings. The van der Waals surface area contributed by atoms with Crippen LogP contribution in [-0.4, -0.2) is 29.4 Å². The van der Waals surface area contributed by atoms with Crippen LogP contribution in [0.4, 0.5) is 0 Å². The van der Waals surface area contributed by atoms with Gasteiger partial charge < -0.3 is 10.4 Å². The number of amides is 1. The molecular weight excluding hydrogens is 258 g/mol. The Kier molecular flexibility index (Phi) is 6.95. The van der Waals surface area contributed by atoms with Crippen LogP contribution >= 0.6 is 11.8 Å². The minimum atomic E-state index is -0.359. The zero-order chi connectivity index (χ0) is 14.3. The fourth-order valence-electron chi connectivity index (χ4n) is 1.66. The summed E-state index contributed by atoms with van der Waals surface area (Å²) in [4.78, 5) is 13.1. The molecule has 0 saturated carbocycles. The molecule has 0 aromatic heterocycles. The average molecular weight is 281 g/mol. The van der Waals surface area contributed by atoms with E-state index in [1.165, 1.54) is 0 Å². The van der Waals surface area contributed by atoms with Crippen LogP contribution in [-0.2, 0) is 0 Å². The molecule has 0 aliphatic rings. The van der Waals surface area contributed by atoms with Gasteiger partial charge >= 0.3 is 0 Å². The first-order valence-electron chi connectivity index (χ1n) is 6.73. The fourth-order valence-corrected chi connectivity index (χ4v) is 2.38. The van der Waals surface area contributed by atoms with Gasteiger partial charge in [0, 0.05) is 17.0 Å². The topological polar surface area (TPSA) is 49.3 Å². The van der Waals surface area contributed by atoms with Gasteiger partial charge in [0.15, 0.2) is 0 Å². The summed E-state index contributed by atoms with van der Waals surface area (Å²) >= 11 is 1.72. The normalized spacial score (nSPS) is 12.5. The molecule has 1 aromatic carbocycles. The highest BCUT2D eigenvalue weighted by Crippen LogP contribution is 2.18. The highest BCUT2D eigenvalue weighted by molar-refractivity contribution is 7.99. The van der Waals surface area contributed by atoms with Crippen LogP contribution in [0.25, 0.3) is 0 Å². The van der Waals surface area contributed by atoms with Gasteiger partial charge in [-0.25, -0.2) is 0 Å². The maximum atomic E-state index is 12.0. The molecule has 4 heteroatoms. The van der Waals surface area contributed by atoms with Gasteiger partial charge in [-0.05, 0) is 36.3 Å². The summed E-state index contributed by atoms with van der Waals surface area (Å²) in [6, 6.07) is 7.62. The van der Waals surface area contributed by atoms with Gasteiger partial charge in [0.2, 0.25) is 0 Å². The molecule has 1 rings (SSSR count). The molecule has 106 valence electrons. The van der Waals surface area contributed by atoms with Gasteiger partial charge in [-0.2, -0.15) is 0 Å². The summed E-state index contributed by atoms with van der Waals surface area (Å²) in [5, 5.41) is 12.5. The fraction of sp³-hybridized carbons (Fsp3) is 0.533. The highest BCUT2D eigenvalue weighted by atomic mass is 32.2. The second-order valence-electron chi connectivity index (χ2n) is 4.82. The maximum absolute atomic E-state index is 12.0. The van der Waals surface area contributed by atoms with E-state index < -0.39 is 0 Å². The molecule has 1 atom stereocenters. The second kappa shape index (κ2) is 8.23. The standard InChI is InChI=1S/C15H23NO2S/c1-4-19-13-7-5-6-12(10-13)15(18)16-9-8-14(17)11(2)3/h5-7,10-11,14,17H,4,8-9H2,1-3H3,(H,16,18). The van der Waals surface area contributed by atoms with Crippen LogP contribution in [0.5, 0.6) is 0 Å². The molecule has 0 aliphatic carbocycles. The van der Waals surface area contributed by atoms with Crippen molar-refractivity contribution in [1.29, 1.82) is 0 Å². The lowest BCUT2D eigenvalue weighted by Crippen LogP contribution is -2.28. The van der Waals surface area contributed by atoms with Crippen molar-refractivity contribution in [2.24, 2.45) is 5.92 Å². The first-order chi connectivity index (χ1) is 9.04. The Morgan fingerprint density at radius 3 is 2.79 bits per heavy atom. The Hall–Kier alpha value is -1.00. The molecule has 19 heavy (non-hydrogen) atoms. The third-order valence-electron chi connectivity index (χ3n) is 2.90. The number of hydrogen-bond acceptors (Lipinski definition) is 3. The van der Waals surface area contributed by atoms with Gasteiger partial charge in [-0.1, -0.05) is 26.8 Å². The minimum Gasteiger partial charge on any atom is -0.393 e. The number of nitrogens with one attached hydrogen (secondary N) is 1. The Morgan fingerprint density at radius 1 is 1.42 bits per heavy atom. The van der Waals surface area contributed by atoms with Crippen LogP contribution in [0, 0.1) is 5.92 Å². The molecule has 0 spiro atoms. The highest BCUT2D eigenvalue weighted by Gasteiger charge is 2.10. The summed E-state index contributed by atoms with van der Waals surface area (Å²) in [5.41, 5.74) is 0.678. The first kappa shape index (κ1) is 16.1. The van der Waals surface area contributed by atoms with Gasteiger partial charge in [0.25, 0.3) is 5.91 Å². The zero-order valence-corrected chi connectivity index (χ0v) is 12.7. The van der Waals surface area contributed by atoms with Crippen LogP contribution in [0.15, 0.2) is 29.2 Å². The number of rotatable bonds is 7. The molecule has 1 aromatic rings. The van der Waals surface area contributed by atoms with Crippen molar-refractivity contribution in [1.82, 2.24) is 5.32 Å². The number of carbonyl (C=O) groups is 1. The van der Waals surface area contributed by atoms with E-state index in [1.807, 2.05) is 38.1 Å². The summed E-state index contributed by atoms with van der Waals surface area (Å²) in [6.07, 6.45) is 0.231. The van der Waals surface area contributed by atoms with Crippen molar-refractivity contribution < 1.29 is 9.90 Å². The Balaban J connectivity index is 2.47. The molecular formula is C15H23NO2S. The predicted octanol–water partition coefficient (Wildman–Crippen LogP) is 2.94.